The van der Waals surface area contributed by atoms with E-state index in [9.17, 15) is 0 Å². The molecule has 26 heavy (non-hydrogen) atoms. The number of thiophene rings is 1. The molecule has 0 aliphatic carbocycles. The average molecular weight is 369 g/mol. The van der Waals surface area contributed by atoms with Crippen molar-refractivity contribution in [2.75, 3.05) is 23.3 Å². The third kappa shape index (κ3) is 3.70. The zero-order valence-corrected chi connectivity index (χ0v) is 15.9. The summed E-state index contributed by atoms with van der Waals surface area (Å²) in [6, 6.07) is 4.73. The van der Waals surface area contributed by atoms with Gasteiger partial charge in [0.25, 0.3) is 0 Å². The van der Waals surface area contributed by atoms with E-state index in [1.807, 2.05) is 16.9 Å². The van der Waals surface area contributed by atoms with E-state index in [1.165, 1.54) is 0 Å². The van der Waals surface area contributed by atoms with Crippen molar-refractivity contribution in [3.8, 4) is 11.3 Å². The standard InChI is InChI=1S/C18H23N7S/c1-13(2)20-17-3-7-19-18(21-17)24-8-4-15(5-9-24)25-11-16(22-23-25)14-6-10-26-12-14/h3,6-7,10-13,15H,4-5,8-9H2,1-2H3,(H,19,20,21). The first-order valence-corrected chi connectivity index (χ1v) is 9.92. The lowest BCUT2D eigenvalue weighted by molar-refractivity contribution is 0.358. The number of anilines is 2. The number of hydrogen-bond acceptors (Lipinski definition) is 7. The van der Waals surface area contributed by atoms with E-state index in [1.54, 1.807) is 11.3 Å². The normalized spacial score (nSPS) is 15.6. The molecule has 0 radical (unpaired) electrons. The molecule has 1 fully saturated rings. The molecular formula is C18H23N7S. The Morgan fingerprint density at radius 2 is 2.08 bits per heavy atom. The maximum absolute atomic E-state index is 4.64. The molecule has 0 unspecified atom stereocenters. The van der Waals surface area contributed by atoms with Crippen LogP contribution in [0.15, 0.2) is 35.3 Å². The summed E-state index contributed by atoms with van der Waals surface area (Å²) < 4.78 is 2.02. The van der Waals surface area contributed by atoms with Crippen LogP contribution in [-0.2, 0) is 0 Å². The van der Waals surface area contributed by atoms with E-state index >= 15 is 0 Å². The van der Waals surface area contributed by atoms with Crippen molar-refractivity contribution in [2.24, 2.45) is 0 Å². The smallest absolute Gasteiger partial charge is 0.227 e. The van der Waals surface area contributed by atoms with Gasteiger partial charge in [-0.3, -0.25) is 0 Å². The minimum Gasteiger partial charge on any atom is -0.368 e. The van der Waals surface area contributed by atoms with Crippen LogP contribution in [0.3, 0.4) is 0 Å². The van der Waals surface area contributed by atoms with Gasteiger partial charge in [-0.2, -0.15) is 16.3 Å². The second kappa shape index (κ2) is 7.41. The van der Waals surface area contributed by atoms with Gasteiger partial charge in [-0.25, -0.2) is 9.67 Å². The monoisotopic (exact) mass is 369 g/mol. The molecule has 136 valence electrons. The summed E-state index contributed by atoms with van der Waals surface area (Å²) >= 11 is 1.68. The molecule has 8 heteroatoms. The Kier molecular flexibility index (Phi) is 4.83. The van der Waals surface area contributed by atoms with Crippen LogP contribution < -0.4 is 10.2 Å². The average Bonchev–Trinajstić information content (AvgIpc) is 3.33. The highest BCUT2D eigenvalue weighted by Crippen LogP contribution is 2.26. The summed E-state index contributed by atoms with van der Waals surface area (Å²) in [4.78, 5) is 11.3. The van der Waals surface area contributed by atoms with Crippen molar-refractivity contribution in [1.29, 1.82) is 0 Å². The van der Waals surface area contributed by atoms with Crippen molar-refractivity contribution < 1.29 is 0 Å². The van der Waals surface area contributed by atoms with Crippen molar-refractivity contribution in [2.45, 2.75) is 38.8 Å². The second-order valence-electron chi connectivity index (χ2n) is 6.85. The minimum atomic E-state index is 0.355. The van der Waals surface area contributed by atoms with Crippen LogP contribution in [0.1, 0.15) is 32.7 Å². The van der Waals surface area contributed by atoms with E-state index < -0.39 is 0 Å². The van der Waals surface area contributed by atoms with Crippen LogP contribution in [0.25, 0.3) is 11.3 Å². The van der Waals surface area contributed by atoms with E-state index in [0.29, 0.717) is 12.1 Å². The number of nitrogens with zero attached hydrogens (tertiary/aromatic N) is 6. The fourth-order valence-electron chi connectivity index (χ4n) is 3.20. The first kappa shape index (κ1) is 17.0. The predicted octanol–water partition coefficient (Wildman–Crippen LogP) is 3.46. The van der Waals surface area contributed by atoms with Gasteiger partial charge in [0.1, 0.15) is 11.5 Å². The first-order valence-electron chi connectivity index (χ1n) is 8.98. The molecule has 1 N–H and O–H groups in total. The maximum Gasteiger partial charge on any atom is 0.227 e. The van der Waals surface area contributed by atoms with Gasteiger partial charge in [-0.05, 0) is 44.2 Å². The van der Waals surface area contributed by atoms with Gasteiger partial charge in [0.05, 0.1) is 12.2 Å². The molecule has 0 spiro atoms. The van der Waals surface area contributed by atoms with Gasteiger partial charge in [0, 0.05) is 36.3 Å². The van der Waals surface area contributed by atoms with Gasteiger partial charge in [-0.15, -0.1) is 5.10 Å². The molecule has 3 aromatic heterocycles. The fourth-order valence-corrected chi connectivity index (χ4v) is 3.85. The summed E-state index contributed by atoms with van der Waals surface area (Å²) in [5, 5.41) is 16.2. The van der Waals surface area contributed by atoms with Crippen molar-refractivity contribution >= 4 is 23.1 Å². The zero-order chi connectivity index (χ0) is 17.9. The topological polar surface area (TPSA) is 71.8 Å². The number of rotatable bonds is 5. The van der Waals surface area contributed by atoms with Crippen molar-refractivity contribution in [3.05, 3.63) is 35.3 Å². The van der Waals surface area contributed by atoms with Crippen molar-refractivity contribution in [3.63, 3.8) is 0 Å². The van der Waals surface area contributed by atoms with Crippen LogP contribution in [0.2, 0.25) is 0 Å². The molecule has 1 saturated heterocycles. The van der Waals surface area contributed by atoms with E-state index in [4.69, 9.17) is 0 Å². The summed E-state index contributed by atoms with van der Waals surface area (Å²) in [7, 11) is 0. The summed E-state index contributed by atoms with van der Waals surface area (Å²) in [5.74, 6) is 1.68. The Hall–Kier alpha value is -2.48. The maximum atomic E-state index is 4.64. The summed E-state index contributed by atoms with van der Waals surface area (Å²) in [6.45, 7) is 6.05. The number of piperidine rings is 1. The fraction of sp³-hybridized carbons (Fsp3) is 0.444. The molecule has 3 aromatic rings. The number of aromatic nitrogens is 5. The van der Waals surface area contributed by atoms with Crippen LogP contribution in [0, 0.1) is 0 Å². The minimum absolute atomic E-state index is 0.355. The Balaban J connectivity index is 1.40. The molecule has 0 saturated carbocycles. The van der Waals surface area contributed by atoms with E-state index in [-0.39, 0.29) is 0 Å². The van der Waals surface area contributed by atoms with Crippen molar-refractivity contribution in [1.82, 2.24) is 25.0 Å². The predicted molar refractivity (Wildman–Crippen MR) is 105 cm³/mol. The molecule has 4 rings (SSSR count). The van der Waals surface area contributed by atoms with Gasteiger partial charge in [0.15, 0.2) is 0 Å². The van der Waals surface area contributed by atoms with Crippen LogP contribution >= 0.6 is 11.3 Å². The molecule has 0 atom stereocenters. The number of nitrogens with one attached hydrogen (secondary N) is 1. The van der Waals surface area contributed by atoms with E-state index in [0.717, 1.165) is 49.0 Å². The Morgan fingerprint density at radius 1 is 1.23 bits per heavy atom. The highest BCUT2D eigenvalue weighted by atomic mass is 32.1. The largest absolute Gasteiger partial charge is 0.368 e. The molecule has 1 aliphatic rings. The second-order valence-corrected chi connectivity index (χ2v) is 7.63. The lowest BCUT2D eigenvalue weighted by atomic mass is 10.1. The zero-order valence-electron chi connectivity index (χ0n) is 15.0. The Labute approximate surface area is 157 Å². The lowest BCUT2D eigenvalue weighted by Gasteiger charge is -2.31. The highest BCUT2D eigenvalue weighted by molar-refractivity contribution is 7.08. The summed E-state index contributed by atoms with van der Waals surface area (Å²) in [5.41, 5.74) is 2.09. The quantitative estimate of drug-likeness (QED) is 0.743. The molecule has 0 bridgehead atoms. The van der Waals surface area contributed by atoms with E-state index in [2.05, 4.69) is 67.4 Å². The molecule has 0 aromatic carbocycles. The van der Waals surface area contributed by atoms with Crippen LogP contribution in [-0.4, -0.2) is 44.1 Å². The lowest BCUT2D eigenvalue weighted by Crippen LogP contribution is -2.36. The molecule has 7 nitrogen and oxygen atoms in total. The van der Waals surface area contributed by atoms with Gasteiger partial charge < -0.3 is 10.2 Å². The summed E-state index contributed by atoms with van der Waals surface area (Å²) in [6.07, 6.45) is 5.91. The van der Waals surface area contributed by atoms with Gasteiger partial charge in [0.2, 0.25) is 5.95 Å². The van der Waals surface area contributed by atoms with Gasteiger partial charge >= 0.3 is 0 Å². The van der Waals surface area contributed by atoms with Gasteiger partial charge in [-0.1, -0.05) is 5.21 Å². The SMILES string of the molecule is CC(C)Nc1ccnc(N2CCC(n3cc(-c4ccsc4)nn3)CC2)n1. The third-order valence-corrected chi connectivity index (χ3v) is 5.21. The molecule has 0 amide bonds. The van der Waals surface area contributed by atoms with Crippen LogP contribution in [0.4, 0.5) is 11.8 Å². The highest BCUT2D eigenvalue weighted by Gasteiger charge is 2.23. The first-order chi connectivity index (χ1) is 12.7. The molecule has 4 heterocycles. The third-order valence-electron chi connectivity index (χ3n) is 4.53. The Morgan fingerprint density at radius 3 is 2.81 bits per heavy atom. The van der Waals surface area contributed by atoms with Crippen LogP contribution in [0.5, 0.6) is 0 Å². The number of hydrogen-bond donors (Lipinski definition) is 1. The Bertz CT molecular complexity index is 835. The molecular weight excluding hydrogens is 346 g/mol. The molecule has 1 aliphatic heterocycles.